The van der Waals surface area contributed by atoms with Gasteiger partial charge >= 0.3 is 0 Å². The van der Waals surface area contributed by atoms with Gasteiger partial charge in [-0.1, -0.05) is 20.8 Å². The van der Waals surface area contributed by atoms with Gasteiger partial charge in [0.2, 0.25) is 0 Å². The molecule has 2 saturated carbocycles. The van der Waals surface area contributed by atoms with E-state index in [0.717, 1.165) is 12.8 Å². The summed E-state index contributed by atoms with van der Waals surface area (Å²) in [7, 11) is 0. The number of carboxylic acid groups (broad SMARTS) is 1. The smallest absolute Gasteiger partial charge is 0.0761 e. The van der Waals surface area contributed by atoms with E-state index in [2.05, 4.69) is 13.8 Å². The van der Waals surface area contributed by atoms with Crippen LogP contribution in [0.4, 0.5) is 0 Å². The normalized spacial score (nSPS) is 44.1. The molecule has 4 nitrogen and oxygen atoms in total. The second kappa shape index (κ2) is 3.44. The molecule has 2 aliphatic rings. The van der Waals surface area contributed by atoms with E-state index >= 15 is 0 Å². The van der Waals surface area contributed by atoms with Crippen LogP contribution in [0.25, 0.3) is 0 Å². The first-order valence-electron chi connectivity index (χ1n) is 5.65. The van der Waals surface area contributed by atoms with Gasteiger partial charge in [0.15, 0.2) is 0 Å². The summed E-state index contributed by atoms with van der Waals surface area (Å²) in [6.07, 6.45) is 2.43. The van der Waals surface area contributed by atoms with Crippen molar-refractivity contribution in [1.82, 2.24) is 6.15 Å². The van der Waals surface area contributed by atoms with Crippen LogP contribution in [0.1, 0.15) is 46.5 Å². The third-order valence-electron chi connectivity index (χ3n) is 5.48. The molecule has 2 bridgehead atoms. The Balaban J connectivity index is 0.00000128. The fourth-order valence-corrected chi connectivity index (χ4v) is 3.92. The summed E-state index contributed by atoms with van der Waals surface area (Å²) in [5.74, 6) is -0.686. The van der Waals surface area contributed by atoms with Crippen LogP contribution >= 0.6 is 0 Å². The Morgan fingerprint density at radius 2 is 2.00 bits per heavy atom. The van der Waals surface area contributed by atoms with Gasteiger partial charge in [0.1, 0.15) is 0 Å². The van der Waals surface area contributed by atoms with E-state index in [-0.39, 0.29) is 23.4 Å². The van der Waals surface area contributed by atoms with Crippen molar-refractivity contribution in [1.29, 1.82) is 0 Å². The van der Waals surface area contributed by atoms with E-state index in [1.165, 1.54) is 0 Å². The predicted molar refractivity (Wildman–Crippen MR) is 59.8 cm³/mol. The van der Waals surface area contributed by atoms with Gasteiger partial charge in [-0.3, -0.25) is 0 Å². The number of hydrogen-bond donors (Lipinski definition) is 2. The van der Waals surface area contributed by atoms with Crippen molar-refractivity contribution in [2.24, 2.45) is 16.7 Å². The van der Waals surface area contributed by atoms with Crippen molar-refractivity contribution in [3.63, 3.8) is 0 Å². The van der Waals surface area contributed by atoms with Crippen LogP contribution < -0.4 is 11.3 Å². The van der Waals surface area contributed by atoms with E-state index in [9.17, 15) is 15.0 Å². The van der Waals surface area contributed by atoms with Crippen LogP contribution in [0.15, 0.2) is 0 Å². The molecule has 0 saturated heterocycles. The van der Waals surface area contributed by atoms with Gasteiger partial charge in [-0.25, -0.2) is 0 Å². The molecule has 0 aliphatic heterocycles. The fraction of sp³-hybridized carbons (Fsp3) is 0.917. The zero-order chi connectivity index (χ0) is 11.5. The van der Waals surface area contributed by atoms with Crippen molar-refractivity contribution in [2.45, 2.75) is 52.1 Å². The van der Waals surface area contributed by atoms with Crippen LogP contribution in [-0.4, -0.2) is 16.7 Å². The second-order valence-corrected chi connectivity index (χ2v) is 6.07. The largest absolute Gasteiger partial charge is 0.550 e. The summed E-state index contributed by atoms with van der Waals surface area (Å²) in [5, 5.41) is 21.2. The summed E-state index contributed by atoms with van der Waals surface area (Å²) in [5.41, 5.74) is -1.29. The maximum atomic E-state index is 10.7. The molecule has 2 aliphatic carbocycles. The van der Waals surface area contributed by atoms with E-state index in [1.807, 2.05) is 6.92 Å². The molecule has 4 heteroatoms. The first kappa shape index (κ1) is 13.5. The van der Waals surface area contributed by atoms with Gasteiger partial charge in [-0.2, -0.15) is 0 Å². The van der Waals surface area contributed by atoms with Gasteiger partial charge in [0.05, 0.1) is 5.60 Å². The minimum absolute atomic E-state index is 0. The average Bonchev–Trinajstić information content (AvgIpc) is 2.34. The molecule has 0 aromatic heterocycles. The molecule has 0 radical (unpaired) electrons. The Kier molecular flexibility index (Phi) is 2.89. The summed E-state index contributed by atoms with van der Waals surface area (Å²) in [4.78, 5) is 10.7. The van der Waals surface area contributed by atoms with Crippen LogP contribution in [0.3, 0.4) is 0 Å². The number of fused-ring (bicyclic) bond motifs is 2. The zero-order valence-corrected chi connectivity index (χ0v) is 10.7. The molecule has 2 rings (SSSR count). The van der Waals surface area contributed by atoms with E-state index < -0.39 is 11.6 Å². The molecule has 0 heterocycles. The number of aliphatic carboxylic acids is 1. The lowest BCUT2D eigenvalue weighted by atomic mass is 9.63. The number of carboxylic acids is 1. The Labute approximate surface area is 96.6 Å². The van der Waals surface area contributed by atoms with Crippen molar-refractivity contribution in [3.05, 3.63) is 0 Å². The highest BCUT2D eigenvalue weighted by Crippen LogP contribution is 2.70. The maximum absolute atomic E-state index is 10.7. The molecule has 0 amide bonds. The van der Waals surface area contributed by atoms with Crippen molar-refractivity contribution in [2.75, 3.05) is 0 Å². The number of carbonyl (C=O) groups excluding carboxylic acids is 1. The highest BCUT2D eigenvalue weighted by Gasteiger charge is 2.67. The number of carbonyl (C=O) groups is 1. The summed E-state index contributed by atoms with van der Waals surface area (Å²) < 4.78 is 0. The first-order chi connectivity index (χ1) is 6.73. The molecule has 2 unspecified atom stereocenters. The minimum atomic E-state index is -1.14. The Morgan fingerprint density at radius 3 is 2.31 bits per heavy atom. The minimum Gasteiger partial charge on any atom is -0.550 e. The number of rotatable bonds is 2. The Hall–Kier alpha value is -0.610. The lowest BCUT2D eigenvalue weighted by Gasteiger charge is -2.45. The Morgan fingerprint density at radius 1 is 1.44 bits per heavy atom. The molecule has 2 fully saturated rings. The molecule has 0 aromatic carbocycles. The number of hydrogen-bond acceptors (Lipinski definition) is 3. The van der Waals surface area contributed by atoms with Gasteiger partial charge < -0.3 is 21.2 Å². The van der Waals surface area contributed by atoms with Gasteiger partial charge in [-0.15, -0.1) is 0 Å². The van der Waals surface area contributed by atoms with E-state index in [0.29, 0.717) is 12.3 Å². The van der Waals surface area contributed by atoms with Gasteiger partial charge in [0.25, 0.3) is 0 Å². The average molecular weight is 229 g/mol. The molecule has 3 atom stereocenters. The Bertz CT molecular complexity index is 315. The topological polar surface area (TPSA) is 96.9 Å². The van der Waals surface area contributed by atoms with E-state index in [1.54, 1.807) is 0 Å². The third kappa shape index (κ3) is 1.32. The highest BCUT2D eigenvalue weighted by molar-refractivity contribution is 5.66. The lowest BCUT2D eigenvalue weighted by molar-refractivity contribution is -0.311. The van der Waals surface area contributed by atoms with Crippen LogP contribution in [0, 0.1) is 16.7 Å². The van der Waals surface area contributed by atoms with Crippen LogP contribution in [0.2, 0.25) is 0 Å². The highest BCUT2D eigenvalue weighted by atomic mass is 16.4. The molecular formula is C12H23NO3. The van der Waals surface area contributed by atoms with E-state index in [4.69, 9.17) is 0 Å². The van der Waals surface area contributed by atoms with Crippen molar-refractivity contribution < 1.29 is 15.0 Å². The molecule has 0 aromatic rings. The molecule has 5 N–H and O–H groups in total. The zero-order valence-electron chi connectivity index (χ0n) is 10.7. The quantitative estimate of drug-likeness (QED) is 0.741. The molecule has 94 valence electrons. The fourth-order valence-electron chi connectivity index (χ4n) is 3.92. The standard InChI is InChI=1S/C12H20O3.H3N/c1-10(2)8-4-5-11(10,3)12(15,6-8)7-9(13)14;/h8,15H,4-7H2,1-3H3,(H,13,14);1H3/t8?,11?,12-;/m0./s1. The number of quaternary nitrogens is 1. The SMILES string of the molecule is CC1(C)C2CCC1(C)[C@@](O)(CC(=O)[O-])C2.[NH4+]. The van der Waals surface area contributed by atoms with Crippen LogP contribution in [-0.2, 0) is 4.79 Å². The summed E-state index contributed by atoms with van der Waals surface area (Å²) in [6.45, 7) is 6.33. The van der Waals surface area contributed by atoms with Crippen LogP contribution in [0.5, 0.6) is 0 Å². The summed E-state index contributed by atoms with van der Waals surface area (Å²) >= 11 is 0. The van der Waals surface area contributed by atoms with Gasteiger partial charge in [-0.05, 0) is 30.6 Å². The maximum Gasteiger partial charge on any atom is 0.0761 e. The molecule has 16 heavy (non-hydrogen) atoms. The van der Waals surface area contributed by atoms with Crippen molar-refractivity contribution in [3.8, 4) is 0 Å². The lowest BCUT2D eigenvalue weighted by Crippen LogP contribution is -2.50. The predicted octanol–water partition coefficient (Wildman–Crippen LogP) is 1.08. The van der Waals surface area contributed by atoms with Gasteiger partial charge in [0, 0.05) is 17.8 Å². The first-order valence-corrected chi connectivity index (χ1v) is 5.65. The third-order valence-corrected chi connectivity index (χ3v) is 5.48. The molecular weight excluding hydrogens is 206 g/mol. The summed E-state index contributed by atoms with van der Waals surface area (Å²) in [6, 6.07) is 0. The molecule has 0 spiro atoms. The number of aliphatic hydroxyl groups is 1. The monoisotopic (exact) mass is 229 g/mol. The van der Waals surface area contributed by atoms with Crippen molar-refractivity contribution >= 4 is 5.97 Å². The second-order valence-electron chi connectivity index (χ2n) is 6.07.